The number of para-hydroxylation sites is 1. The highest BCUT2D eigenvalue weighted by Gasteiger charge is 2.19. The summed E-state index contributed by atoms with van der Waals surface area (Å²) in [5, 5.41) is 3.59. The fraction of sp³-hybridized carbons (Fsp3) is 0.200. The SMILES string of the molecule is Cc1cccc2c(=O)n(CC(=O)OC(C)C(=O)Nc3ccc(Cl)cc3)cnc12. The van der Waals surface area contributed by atoms with Crippen LogP contribution in [0.25, 0.3) is 10.9 Å². The van der Waals surface area contributed by atoms with Crippen LogP contribution in [0.4, 0.5) is 5.69 Å². The molecule has 1 heterocycles. The van der Waals surface area contributed by atoms with Gasteiger partial charge in [0.2, 0.25) is 0 Å². The summed E-state index contributed by atoms with van der Waals surface area (Å²) in [7, 11) is 0. The van der Waals surface area contributed by atoms with Crippen LogP contribution in [0.3, 0.4) is 0 Å². The van der Waals surface area contributed by atoms with Crippen LogP contribution in [0.1, 0.15) is 12.5 Å². The Labute approximate surface area is 165 Å². The maximum Gasteiger partial charge on any atom is 0.326 e. The van der Waals surface area contributed by atoms with Gasteiger partial charge < -0.3 is 10.1 Å². The number of carbonyl (C=O) groups is 2. The average molecular weight is 400 g/mol. The molecule has 8 heteroatoms. The second kappa shape index (κ2) is 8.22. The van der Waals surface area contributed by atoms with Gasteiger partial charge in [0.1, 0.15) is 6.54 Å². The minimum Gasteiger partial charge on any atom is -0.451 e. The van der Waals surface area contributed by atoms with Crippen LogP contribution in [0, 0.1) is 6.92 Å². The van der Waals surface area contributed by atoms with Crippen molar-refractivity contribution in [2.45, 2.75) is 26.5 Å². The van der Waals surface area contributed by atoms with Crippen LogP contribution >= 0.6 is 11.6 Å². The summed E-state index contributed by atoms with van der Waals surface area (Å²) in [5.74, 6) is -1.20. The van der Waals surface area contributed by atoms with E-state index in [9.17, 15) is 14.4 Å². The van der Waals surface area contributed by atoms with Crippen LogP contribution in [-0.4, -0.2) is 27.5 Å². The molecule has 1 aromatic heterocycles. The van der Waals surface area contributed by atoms with E-state index in [1.54, 1.807) is 36.4 Å². The van der Waals surface area contributed by atoms with Crippen LogP contribution in [-0.2, 0) is 20.9 Å². The molecule has 0 radical (unpaired) electrons. The van der Waals surface area contributed by atoms with Crippen molar-refractivity contribution >= 4 is 40.1 Å². The monoisotopic (exact) mass is 399 g/mol. The third kappa shape index (κ3) is 4.37. The van der Waals surface area contributed by atoms with E-state index in [2.05, 4.69) is 10.3 Å². The smallest absolute Gasteiger partial charge is 0.326 e. The molecule has 0 fully saturated rings. The number of anilines is 1. The Morgan fingerprint density at radius 1 is 1.21 bits per heavy atom. The number of hydrogen-bond acceptors (Lipinski definition) is 5. The second-order valence-corrected chi connectivity index (χ2v) is 6.71. The molecule has 28 heavy (non-hydrogen) atoms. The molecule has 3 rings (SSSR count). The number of amides is 1. The fourth-order valence-corrected chi connectivity index (χ4v) is 2.78. The summed E-state index contributed by atoms with van der Waals surface area (Å²) in [6.07, 6.45) is 0.270. The van der Waals surface area contributed by atoms with Gasteiger partial charge in [-0.3, -0.25) is 19.0 Å². The lowest BCUT2D eigenvalue weighted by Gasteiger charge is -2.14. The third-order valence-corrected chi connectivity index (χ3v) is 4.40. The molecule has 1 amide bonds. The number of ether oxygens (including phenoxy) is 1. The molecule has 1 atom stereocenters. The molecule has 0 aliphatic heterocycles. The van der Waals surface area contributed by atoms with Gasteiger partial charge in [0.15, 0.2) is 6.10 Å². The molecule has 0 spiro atoms. The number of nitrogens with zero attached hydrogens (tertiary/aromatic N) is 2. The molecule has 0 aliphatic carbocycles. The van der Waals surface area contributed by atoms with Gasteiger partial charge >= 0.3 is 5.97 Å². The minimum atomic E-state index is -1.03. The number of hydrogen-bond donors (Lipinski definition) is 1. The predicted octanol–water partition coefficient (Wildman–Crippen LogP) is 2.93. The van der Waals surface area contributed by atoms with E-state index in [4.69, 9.17) is 16.3 Å². The first-order valence-corrected chi connectivity index (χ1v) is 8.93. The predicted molar refractivity (Wildman–Crippen MR) is 106 cm³/mol. The molecule has 7 nitrogen and oxygen atoms in total. The topological polar surface area (TPSA) is 90.3 Å². The van der Waals surface area contributed by atoms with E-state index in [1.807, 2.05) is 13.0 Å². The summed E-state index contributed by atoms with van der Waals surface area (Å²) in [6.45, 7) is 2.97. The zero-order chi connectivity index (χ0) is 20.3. The van der Waals surface area contributed by atoms with E-state index in [0.29, 0.717) is 21.6 Å². The largest absolute Gasteiger partial charge is 0.451 e. The van der Waals surface area contributed by atoms with Crippen molar-refractivity contribution in [1.82, 2.24) is 9.55 Å². The fourth-order valence-electron chi connectivity index (χ4n) is 2.65. The average Bonchev–Trinajstić information content (AvgIpc) is 2.66. The molecule has 144 valence electrons. The van der Waals surface area contributed by atoms with Crippen molar-refractivity contribution in [3.63, 3.8) is 0 Å². The van der Waals surface area contributed by atoms with Crippen molar-refractivity contribution < 1.29 is 14.3 Å². The number of nitrogens with one attached hydrogen (secondary N) is 1. The zero-order valence-corrected chi connectivity index (χ0v) is 16.1. The lowest BCUT2D eigenvalue weighted by Crippen LogP contribution is -2.33. The quantitative estimate of drug-likeness (QED) is 0.666. The molecule has 1 N–H and O–H groups in total. The number of esters is 1. The van der Waals surface area contributed by atoms with E-state index in [1.165, 1.54) is 13.3 Å². The lowest BCUT2D eigenvalue weighted by molar-refractivity contribution is -0.153. The third-order valence-electron chi connectivity index (χ3n) is 4.14. The first-order valence-electron chi connectivity index (χ1n) is 8.56. The van der Waals surface area contributed by atoms with Crippen LogP contribution in [0.5, 0.6) is 0 Å². The van der Waals surface area contributed by atoms with E-state index in [0.717, 1.165) is 10.1 Å². The van der Waals surface area contributed by atoms with Gasteiger partial charge in [-0.2, -0.15) is 0 Å². The van der Waals surface area contributed by atoms with Gasteiger partial charge in [0.25, 0.3) is 11.5 Å². The Bertz CT molecular complexity index is 1090. The van der Waals surface area contributed by atoms with Crippen molar-refractivity contribution in [2.75, 3.05) is 5.32 Å². The first-order chi connectivity index (χ1) is 13.3. The van der Waals surface area contributed by atoms with Gasteiger partial charge in [-0.25, -0.2) is 4.98 Å². The van der Waals surface area contributed by atoms with Gasteiger partial charge in [-0.1, -0.05) is 23.7 Å². The number of aryl methyl sites for hydroxylation is 1. The summed E-state index contributed by atoms with van der Waals surface area (Å²) < 4.78 is 6.30. The van der Waals surface area contributed by atoms with Crippen LogP contribution in [0.15, 0.2) is 53.6 Å². The highest BCUT2D eigenvalue weighted by atomic mass is 35.5. The van der Waals surface area contributed by atoms with Crippen molar-refractivity contribution in [3.8, 4) is 0 Å². The Kier molecular flexibility index (Phi) is 5.75. The summed E-state index contributed by atoms with van der Waals surface area (Å²) in [5.41, 5.74) is 1.65. The number of aromatic nitrogens is 2. The maximum atomic E-state index is 12.5. The highest BCUT2D eigenvalue weighted by Crippen LogP contribution is 2.14. The summed E-state index contributed by atoms with van der Waals surface area (Å²) >= 11 is 5.80. The van der Waals surface area contributed by atoms with Crippen LogP contribution in [0.2, 0.25) is 5.02 Å². The van der Waals surface area contributed by atoms with Gasteiger partial charge in [-0.05, 0) is 49.7 Å². The normalized spacial score (nSPS) is 11.8. The number of fused-ring (bicyclic) bond motifs is 1. The summed E-state index contributed by atoms with van der Waals surface area (Å²) in [4.78, 5) is 41.1. The second-order valence-electron chi connectivity index (χ2n) is 6.28. The van der Waals surface area contributed by atoms with E-state index >= 15 is 0 Å². The number of benzene rings is 2. The van der Waals surface area contributed by atoms with E-state index < -0.39 is 18.0 Å². The minimum absolute atomic E-state index is 0.339. The molecule has 2 aromatic carbocycles. The van der Waals surface area contributed by atoms with Crippen LogP contribution < -0.4 is 10.9 Å². The van der Waals surface area contributed by atoms with E-state index in [-0.39, 0.29) is 12.1 Å². The molecule has 0 saturated carbocycles. The zero-order valence-electron chi connectivity index (χ0n) is 15.3. The summed E-state index contributed by atoms with van der Waals surface area (Å²) in [6, 6.07) is 11.8. The Hall–Kier alpha value is -3.19. The molecule has 0 aliphatic rings. The van der Waals surface area contributed by atoms with Gasteiger partial charge in [-0.15, -0.1) is 0 Å². The Morgan fingerprint density at radius 2 is 1.93 bits per heavy atom. The standard InChI is InChI=1S/C20H18ClN3O4/c1-12-4-3-5-16-18(12)22-11-24(20(16)27)10-17(25)28-13(2)19(26)23-15-8-6-14(21)7-9-15/h3-9,11,13H,10H2,1-2H3,(H,23,26). The lowest BCUT2D eigenvalue weighted by atomic mass is 10.1. The maximum absolute atomic E-state index is 12.5. The molecule has 0 saturated heterocycles. The molecular formula is C20H18ClN3O4. The number of carbonyl (C=O) groups excluding carboxylic acids is 2. The van der Waals surface area contributed by atoms with Gasteiger partial charge in [0, 0.05) is 10.7 Å². The van der Waals surface area contributed by atoms with Crippen molar-refractivity contribution in [2.24, 2.45) is 0 Å². The highest BCUT2D eigenvalue weighted by molar-refractivity contribution is 6.30. The Balaban J connectivity index is 1.65. The molecule has 0 bridgehead atoms. The first kappa shape index (κ1) is 19.6. The Morgan fingerprint density at radius 3 is 2.64 bits per heavy atom. The van der Waals surface area contributed by atoms with Crippen molar-refractivity contribution in [3.05, 3.63) is 69.7 Å². The number of rotatable bonds is 5. The molecule has 1 unspecified atom stereocenters. The molecule has 3 aromatic rings. The van der Waals surface area contributed by atoms with Crippen molar-refractivity contribution in [1.29, 1.82) is 0 Å². The van der Waals surface area contributed by atoms with Gasteiger partial charge in [0.05, 0.1) is 17.2 Å². The number of halogens is 1. The molecular weight excluding hydrogens is 382 g/mol.